The van der Waals surface area contributed by atoms with Gasteiger partial charge in [-0.3, -0.25) is 0 Å². The number of hydrogen-bond acceptors (Lipinski definition) is 2. The van der Waals surface area contributed by atoms with Gasteiger partial charge in [0.05, 0.1) is 0 Å². The molecule has 0 amide bonds. The second kappa shape index (κ2) is 3.62. The molecule has 0 fully saturated rings. The fourth-order valence-electron chi connectivity index (χ4n) is 0.174. The minimum Gasteiger partial charge on any atom is -0.368 e. The van der Waals surface area contributed by atoms with Gasteiger partial charge in [0.15, 0.2) is 6.29 Å². The van der Waals surface area contributed by atoms with Crippen LogP contribution >= 0.6 is 23.2 Å². The highest BCUT2D eigenvalue weighted by Crippen LogP contribution is 2.23. The highest BCUT2D eigenvalue weighted by Gasteiger charge is 2.29. The maximum atomic E-state index is 8.66. The van der Waals surface area contributed by atoms with Crippen molar-refractivity contribution < 1.29 is 10.2 Å². The molecule has 0 spiro atoms. The van der Waals surface area contributed by atoms with Gasteiger partial charge in [-0.2, -0.15) is 0 Å². The van der Waals surface area contributed by atoms with E-state index in [1.807, 2.05) is 0 Å². The molecule has 0 aliphatic rings. The molecular weight excluding hydrogens is 163 g/mol. The van der Waals surface area contributed by atoms with Gasteiger partial charge in [0.25, 0.3) is 0 Å². The Bertz CT molecular complexity index is 81.0. The average Bonchev–Trinajstić information content (AvgIpc) is 1.86. The second-order valence-corrected chi connectivity index (χ2v) is 2.83. The molecule has 9 heavy (non-hydrogen) atoms. The van der Waals surface area contributed by atoms with E-state index >= 15 is 0 Å². The summed E-state index contributed by atoms with van der Waals surface area (Å²) >= 11 is 10.8. The van der Waals surface area contributed by atoms with E-state index in [1.165, 1.54) is 0 Å². The molecule has 2 nitrogen and oxygen atoms in total. The molecule has 0 unspecified atom stereocenters. The smallest absolute Gasteiger partial charge is 0.159 e. The lowest BCUT2D eigenvalue weighted by Gasteiger charge is -2.25. The zero-order valence-corrected chi connectivity index (χ0v) is 6.65. The van der Waals surface area contributed by atoms with E-state index in [0.717, 1.165) is 0 Å². The number of aliphatic hydroxyl groups is 2. The largest absolute Gasteiger partial charge is 0.368 e. The number of rotatable bonds is 3. The van der Waals surface area contributed by atoms with Crippen LogP contribution in [0.5, 0.6) is 0 Å². The third kappa shape index (κ3) is 2.30. The minimum atomic E-state index is -1.44. The lowest BCUT2D eigenvalue weighted by molar-refractivity contribution is -0.110. The van der Waals surface area contributed by atoms with Crippen molar-refractivity contribution in [3.63, 3.8) is 0 Å². The van der Waals surface area contributed by atoms with Crippen molar-refractivity contribution in [1.82, 2.24) is 0 Å². The first-order valence-electron chi connectivity index (χ1n) is 2.55. The van der Waals surface area contributed by atoms with Gasteiger partial charge in [0, 0.05) is 17.2 Å². The Balaban J connectivity index is 3.92. The fraction of sp³-hybridized carbons (Fsp3) is 1.00. The number of hydrogen-bond donors (Lipinski definition) is 2. The van der Waals surface area contributed by atoms with Crippen LogP contribution in [0.2, 0.25) is 0 Å². The van der Waals surface area contributed by atoms with Crippen molar-refractivity contribution in [2.45, 2.75) is 13.2 Å². The van der Waals surface area contributed by atoms with Gasteiger partial charge < -0.3 is 10.2 Å². The van der Waals surface area contributed by atoms with Crippen LogP contribution in [0.15, 0.2) is 0 Å². The standard InChI is InChI=1S/C5H10Cl2O2/c1-5(2-6,3-7)4(8)9/h4,8-9H,2-3H2,1H3. The van der Waals surface area contributed by atoms with Crippen molar-refractivity contribution >= 4 is 23.2 Å². The van der Waals surface area contributed by atoms with Crippen molar-refractivity contribution in [3.05, 3.63) is 0 Å². The van der Waals surface area contributed by atoms with Gasteiger partial charge >= 0.3 is 0 Å². The summed E-state index contributed by atoms with van der Waals surface area (Å²) in [6.07, 6.45) is -1.44. The molecule has 0 aromatic rings. The summed E-state index contributed by atoms with van der Waals surface area (Å²) in [5.41, 5.74) is -0.775. The van der Waals surface area contributed by atoms with Crippen LogP contribution in [0.4, 0.5) is 0 Å². The molecule has 0 aliphatic carbocycles. The first-order valence-corrected chi connectivity index (χ1v) is 3.62. The van der Waals surface area contributed by atoms with E-state index < -0.39 is 11.7 Å². The summed E-state index contributed by atoms with van der Waals surface area (Å²) in [5.74, 6) is 0.294. The fourth-order valence-corrected chi connectivity index (χ4v) is 0.735. The van der Waals surface area contributed by atoms with Crippen LogP contribution in [-0.2, 0) is 0 Å². The van der Waals surface area contributed by atoms with Crippen molar-refractivity contribution in [2.24, 2.45) is 5.41 Å². The summed E-state index contributed by atoms with van der Waals surface area (Å²) < 4.78 is 0. The molecule has 0 rings (SSSR count). The first kappa shape index (κ1) is 9.50. The topological polar surface area (TPSA) is 40.5 Å². The van der Waals surface area contributed by atoms with E-state index in [9.17, 15) is 0 Å². The number of halogens is 2. The van der Waals surface area contributed by atoms with Crippen LogP contribution in [0, 0.1) is 5.41 Å². The first-order chi connectivity index (χ1) is 4.06. The van der Waals surface area contributed by atoms with E-state index in [-0.39, 0.29) is 11.8 Å². The molecule has 0 radical (unpaired) electrons. The highest BCUT2D eigenvalue weighted by atomic mass is 35.5. The van der Waals surface area contributed by atoms with E-state index in [4.69, 9.17) is 33.4 Å². The van der Waals surface area contributed by atoms with Crippen molar-refractivity contribution in [2.75, 3.05) is 11.8 Å². The minimum absolute atomic E-state index is 0.147. The highest BCUT2D eigenvalue weighted by molar-refractivity contribution is 6.21. The molecule has 4 heteroatoms. The van der Waals surface area contributed by atoms with Gasteiger partial charge in [-0.1, -0.05) is 6.92 Å². The molecule has 56 valence electrons. The van der Waals surface area contributed by atoms with Crippen LogP contribution < -0.4 is 0 Å². The maximum Gasteiger partial charge on any atom is 0.159 e. The van der Waals surface area contributed by atoms with Gasteiger partial charge in [-0.05, 0) is 0 Å². The lowest BCUT2D eigenvalue weighted by atomic mass is 9.96. The Morgan fingerprint density at radius 3 is 1.67 bits per heavy atom. The number of aliphatic hydroxyl groups excluding tert-OH is 1. The number of alkyl halides is 2. The van der Waals surface area contributed by atoms with E-state index in [0.29, 0.717) is 0 Å². The van der Waals surface area contributed by atoms with Crippen LogP contribution in [0.25, 0.3) is 0 Å². The van der Waals surface area contributed by atoms with Gasteiger partial charge in [-0.25, -0.2) is 0 Å². The third-order valence-corrected chi connectivity index (χ3v) is 2.45. The zero-order valence-electron chi connectivity index (χ0n) is 5.14. The monoisotopic (exact) mass is 172 g/mol. The molecule has 0 aliphatic heterocycles. The van der Waals surface area contributed by atoms with Gasteiger partial charge in [0.1, 0.15) is 0 Å². The zero-order chi connectivity index (χ0) is 7.49. The Morgan fingerprint density at radius 1 is 1.33 bits per heavy atom. The predicted molar refractivity (Wildman–Crippen MR) is 37.8 cm³/mol. The molecule has 0 heterocycles. The molecule has 0 aromatic carbocycles. The quantitative estimate of drug-likeness (QED) is 0.489. The third-order valence-electron chi connectivity index (χ3n) is 1.23. The Hall–Kier alpha value is 0.500. The lowest BCUT2D eigenvalue weighted by Crippen LogP contribution is -2.35. The van der Waals surface area contributed by atoms with E-state index in [2.05, 4.69) is 0 Å². The summed E-state index contributed by atoms with van der Waals surface area (Å²) in [6.45, 7) is 1.61. The molecule has 0 saturated carbocycles. The van der Waals surface area contributed by atoms with Crippen LogP contribution in [0.3, 0.4) is 0 Å². The predicted octanol–water partition coefficient (Wildman–Crippen LogP) is 0.781. The maximum absolute atomic E-state index is 8.66. The Kier molecular flexibility index (Phi) is 3.82. The van der Waals surface area contributed by atoms with E-state index in [1.54, 1.807) is 6.92 Å². The Morgan fingerprint density at radius 2 is 1.67 bits per heavy atom. The van der Waals surface area contributed by atoms with Crippen LogP contribution in [0.1, 0.15) is 6.92 Å². The van der Waals surface area contributed by atoms with Crippen molar-refractivity contribution in [1.29, 1.82) is 0 Å². The molecule has 2 N–H and O–H groups in total. The summed E-state index contributed by atoms with van der Waals surface area (Å²) in [7, 11) is 0. The SMILES string of the molecule is CC(CCl)(CCl)C(O)O. The normalized spacial score (nSPS) is 12.7. The average molecular weight is 173 g/mol. The summed E-state index contributed by atoms with van der Waals surface area (Å²) in [4.78, 5) is 0. The van der Waals surface area contributed by atoms with Crippen LogP contribution in [-0.4, -0.2) is 28.3 Å². The molecular formula is C5H10Cl2O2. The molecule has 0 atom stereocenters. The second-order valence-electron chi connectivity index (χ2n) is 2.29. The summed E-state index contributed by atoms with van der Waals surface area (Å²) in [6, 6.07) is 0. The van der Waals surface area contributed by atoms with Crippen molar-refractivity contribution in [3.8, 4) is 0 Å². The molecule has 0 bridgehead atoms. The molecule has 0 aromatic heterocycles. The Labute approximate surface area is 64.4 Å². The van der Waals surface area contributed by atoms with Gasteiger partial charge in [-0.15, -0.1) is 23.2 Å². The molecule has 0 saturated heterocycles. The van der Waals surface area contributed by atoms with Gasteiger partial charge in [0.2, 0.25) is 0 Å². The summed E-state index contributed by atoms with van der Waals surface area (Å²) in [5, 5.41) is 17.3.